The van der Waals surface area contributed by atoms with Crippen LogP contribution in [0.15, 0.2) is 30.5 Å². The molecule has 0 aliphatic heterocycles. The minimum atomic E-state index is -0.716. The van der Waals surface area contributed by atoms with Crippen molar-refractivity contribution in [3.8, 4) is 0 Å². The largest absolute Gasteiger partial charge is 0.460 e. The summed E-state index contributed by atoms with van der Waals surface area (Å²) < 4.78 is 5.22. The molecule has 5 nitrogen and oxygen atoms in total. The van der Waals surface area contributed by atoms with Crippen LogP contribution in [0.3, 0.4) is 0 Å². The van der Waals surface area contributed by atoms with Gasteiger partial charge in [-0.25, -0.2) is 0 Å². The quantitative estimate of drug-likeness (QED) is 0.657. The molecule has 1 unspecified atom stereocenters. The van der Waals surface area contributed by atoms with Crippen molar-refractivity contribution in [2.45, 2.75) is 45.3 Å². The number of Topliss-reactive ketones (excluding diaryl/α,β-unsaturated/α-hetero) is 1. The number of benzene rings is 1. The lowest BCUT2D eigenvalue weighted by Gasteiger charge is -2.20. The van der Waals surface area contributed by atoms with Gasteiger partial charge in [0.1, 0.15) is 5.60 Å². The number of aromatic amines is 1. The Morgan fingerprint density at radius 1 is 1.27 bits per heavy atom. The monoisotopic (exact) mass is 302 g/mol. The van der Waals surface area contributed by atoms with Crippen molar-refractivity contribution in [3.05, 3.63) is 36.0 Å². The number of carbonyl (C=O) groups excluding carboxylic acids is 2. The number of nitrogens with one attached hydrogen (secondary N) is 1. The Bertz CT molecular complexity index is 683. The zero-order valence-electron chi connectivity index (χ0n) is 13.2. The lowest BCUT2D eigenvalue weighted by molar-refractivity contribution is -0.154. The molecule has 2 aromatic rings. The molecule has 1 heterocycles. The van der Waals surface area contributed by atoms with Crippen molar-refractivity contribution in [2.24, 2.45) is 5.73 Å². The van der Waals surface area contributed by atoms with Crippen LogP contribution in [0.2, 0.25) is 0 Å². The maximum atomic E-state index is 12.4. The molecule has 0 bridgehead atoms. The fourth-order valence-electron chi connectivity index (χ4n) is 2.27. The Balaban J connectivity index is 1.99. The number of rotatable bonds is 5. The van der Waals surface area contributed by atoms with Crippen molar-refractivity contribution in [2.75, 3.05) is 0 Å². The van der Waals surface area contributed by atoms with Gasteiger partial charge in [-0.1, -0.05) is 18.2 Å². The number of esters is 1. The number of H-pyrrole nitrogens is 1. The van der Waals surface area contributed by atoms with Gasteiger partial charge in [0.2, 0.25) is 0 Å². The van der Waals surface area contributed by atoms with Crippen molar-refractivity contribution in [1.82, 2.24) is 4.98 Å². The number of para-hydroxylation sites is 1. The second-order valence-corrected chi connectivity index (χ2v) is 6.34. The third-order valence-electron chi connectivity index (χ3n) is 3.27. The van der Waals surface area contributed by atoms with Crippen LogP contribution in [0.4, 0.5) is 0 Å². The first-order valence-corrected chi connectivity index (χ1v) is 7.36. The van der Waals surface area contributed by atoms with E-state index in [2.05, 4.69) is 4.98 Å². The van der Waals surface area contributed by atoms with Crippen molar-refractivity contribution >= 4 is 22.7 Å². The van der Waals surface area contributed by atoms with Gasteiger partial charge in [-0.15, -0.1) is 0 Å². The van der Waals surface area contributed by atoms with Gasteiger partial charge in [0, 0.05) is 29.1 Å². The lowest BCUT2D eigenvalue weighted by Crippen LogP contribution is -2.32. The molecule has 0 fully saturated rings. The molecule has 1 atom stereocenters. The highest BCUT2D eigenvalue weighted by molar-refractivity contribution is 6.10. The van der Waals surface area contributed by atoms with Gasteiger partial charge in [-0.05, 0) is 33.3 Å². The molecule has 3 N–H and O–H groups in total. The number of nitrogens with two attached hydrogens (primary N) is 1. The summed E-state index contributed by atoms with van der Waals surface area (Å²) in [5.74, 6) is -0.504. The van der Waals surface area contributed by atoms with E-state index in [1.54, 1.807) is 6.20 Å². The molecule has 0 saturated carbocycles. The smallest absolute Gasteiger partial charge is 0.306 e. The lowest BCUT2D eigenvalue weighted by atomic mass is 10.0. The van der Waals surface area contributed by atoms with E-state index in [9.17, 15) is 9.59 Å². The van der Waals surface area contributed by atoms with Crippen LogP contribution in [0.25, 0.3) is 10.9 Å². The normalized spacial score (nSPS) is 13.1. The Labute approximate surface area is 129 Å². The third kappa shape index (κ3) is 3.95. The Morgan fingerprint density at radius 3 is 2.64 bits per heavy atom. The molecule has 1 aromatic heterocycles. The fourth-order valence-corrected chi connectivity index (χ4v) is 2.27. The van der Waals surface area contributed by atoms with Crippen LogP contribution in [-0.2, 0) is 9.53 Å². The van der Waals surface area contributed by atoms with E-state index >= 15 is 0 Å². The number of fused-ring (bicyclic) bond motifs is 1. The summed E-state index contributed by atoms with van der Waals surface area (Å²) in [6.45, 7) is 5.42. The van der Waals surface area contributed by atoms with Gasteiger partial charge in [0.15, 0.2) is 5.78 Å². The highest BCUT2D eigenvalue weighted by atomic mass is 16.6. The molecule has 5 heteroatoms. The van der Waals surface area contributed by atoms with Gasteiger partial charge in [0.05, 0.1) is 6.04 Å². The average molecular weight is 302 g/mol. The Morgan fingerprint density at radius 2 is 1.95 bits per heavy atom. The molecule has 0 aliphatic carbocycles. The van der Waals surface area contributed by atoms with Gasteiger partial charge >= 0.3 is 5.97 Å². The standard InChI is InChI=1S/C17H22N2O3/c1-17(2,3)22-15(20)9-8-13(18)16(21)12-10-19-14-7-5-4-6-11(12)14/h4-7,10,13,19H,8-9,18H2,1-3H3. The van der Waals surface area contributed by atoms with E-state index in [4.69, 9.17) is 10.5 Å². The maximum absolute atomic E-state index is 12.4. The van der Waals surface area contributed by atoms with Crippen molar-refractivity contribution in [1.29, 1.82) is 0 Å². The Kier molecular flexibility index (Phi) is 4.66. The molecule has 0 radical (unpaired) electrons. The molecule has 0 amide bonds. The average Bonchev–Trinajstić information content (AvgIpc) is 2.86. The minimum Gasteiger partial charge on any atom is -0.460 e. The summed E-state index contributed by atoms with van der Waals surface area (Å²) in [5, 5.41) is 0.847. The zero-order valence-corrected chi connectivity index (χ0v) is 13.2. The summed E-state index contributed by atoms with van der Waals surface area (Å²) in [5.41, 5.74) is 6.87. The van der Waals surface area contributed by atoms with E-state index in [0.717, 1.165) is 10.9 Å². The highest BCUT2D eigenvalue weighted by Crippen LogP contribution is 2.20. The van der Waals surface area contributed by atoms with Crippen LogP contribution < -0.4 is 5.73 Å². The SMILES string of the molecule is CC(C)(C)OC(=O)CCC(N)C(=O)c1c[nH]c2ccccc12. The molecule has 2 rings (SSSR count). The van der Waals surface area contributed by atoms with E-state index in [1.807, 2.05) is 45.0 Å². The van der Waals surface area contributed by atoms with E-state index in [1.165, 1.54) is 0 Å². The summed E-state index contributed by atoms with van der Waals surface area (Å²) in [6.07, 6.45) is 2.07. The number of ether oxygens (including phenoxy) is 1. The van der Waals surface area contributed by atoms with Gasteiger partial charge in [-0.3, -0.25) is 9.59 Å². The number of ketones is 1. The molecular weight excluding hydrogens is 280 g/mol. The number of hydrogen-bond acceptors (Lipinski definition) is 4. The van der Waals surface area contributed by atoms with E-state index in [0.29, 0.717) is 5.56 Å². The van der Waals surface area contributed by atoms with Crippen LogP contribution >= 0.6 is 0 Å². The molecule has 1 aromatic carbocycles. The molecular formula is C17H22N2O3. The van der Waals surface area contributed by atoms with E-state index in [-0.39, 0.29) is 24.6 Å². The summed E-state index contributed by atoms with van der Waals surface area (Å²) in [7, 11) is 0. The first-order chi connectivity index (χ1) is 10.3. The summed E-state index contributed by atoms with van der Waals surface area (Å²) in [4.78, 5) is 27.2. The second kappa shape index (κ2) is 6.32. The van der Waals surface area contributed by atoms with Crippen LogP contribution in [0.5, 0.6) is 0 Å². The van der Waals surface area contributed by atoms with Crippen LogP contribution in [0.1, 0.15) is 44.0 Å². The first kappa shape index (κ1) is 16.2. The first-order valence-electron chi connectivity index (χ1n) is 7.36. The highest BCUT2D eigenvalue weighted by Gasteiger charge is 2.22. The molecule has 22 heavy (non-hydrogen) atoms. The van der Waals surface area contributed by atoms with Crippen molar-refractivity contribution in [3.63, 3.8) is 0 Å². The van der Waals surface area contributed by atoms with E-state index < -0.39 is 11.6 Å². The summed E-state index contributed by atoms with van der Waals surface area (Å²) in [6, 6.07) is 6.83. The second-order valence-electron chi connectivity index (χ2n) is 6.34. The number of hydrogen-bond donors (Lipinski definition) is 2. The third-order valence-corrected chi connectivity index (χ3v) is 3.27. The predicted octanol–water partition coefficient (Wildman–Crippen LogP) is 2.80. The van der Waals surface area contributed by atoms with Gasteiger partial charge in [-0.2, -0.15) is 0 Å². The van der Waals surface area contributed by atoms with Gasteiger partial charge < -0.3 is 15.5 Å². The van der Waals surface area contributed by atoms with Crippen LogP contribution in [-0.4, -0.2) is 28.4 Å². The summed E-state index contributed by atoms with van der Waals surface area (Å²) >= 11 is 0. The molecule has 0 spiro atoms. The topological polar surface area (TPSA) is 85.2 Å². The van der Waals surface area contributed by atoms with Crippen molar-refractivity contribution < 1.29 is 14.3 Å². The maximum Gasteiger partial charge on any atom is 0.306 e. The number of carbonyl (C=O) groups is 2. The Hall–Kier alpha value is -2.14. The fraction of sp³-hybridized carbons (Fsp3) is 0.412. The molecule has 0 saturated heterocycles. The number of aromatic nitrogens is 1. The minimum absolute atomic E-state index is 0.131. The zero-order chi connectivity index (χ0) is 16.3. The molecule has 0 aliphatic rings. The van der Waals surface area contributed by atoms with Crippen LogP contribution in [0, 0.1) is 0 Å². The van der Waals surface area contributed by atoms with Gasteiger partial charge in [0.25, 0.3) is 0 Å². The molecule has 118 valence electrons. The predicted molar refractivity (Wildman–Crippen MR) is 85.7 cm³/mol.